The van der Waals surface area contributed by atoms with E-state index in [2.05, 4.69) is 20.7 Å². The third-order valence-electron chi connectivity index (χ3n) is 3.91. The van der Waals surface area contributed by atoms with Crippen LogP contribution in [0, 0.1) is 23.0 Å². The first kappa shape index (κ1) is 14.0. The van der Waals surface area contributed by atoms with Gasteiger partial charge in [-0.25, -0.2) is 10.8 Å². The van der Waals surface area contributed by atoms with Crippen molar-refractivity contribution in [1.82, 2.24) is 9.97 Å². The summed E-state index contributed by atoms with van der Waals surface area (Å²) in [6, 6.07) is 0.0381. The highest BCUT2D eigenvalue weighted by molar-refractivity contribution is 5.61. The van der Waals surface area contributed by atoms with Gasteiger partial charge in [0.1, 0.15) is 5.69 Å². The van der Waals surface area contributed by atoms with Crippen molar-refractivity contribution in [3.05, 3.63) is 15.8 Å². The molecule has 114 valence electrons. The number of nitro groups is 1. The second-order valence-corrected chi connectivity index (χ2v) is 5.44. The number of hydrogen-bond acceptors (Lipinski definition) is 8. The smallest absolute Gasteiger partial charge is 0.332 e. The number of hydrogen-bond donors (Lipinski definition) is 3. The molecule has 2 unspecified atom stereocenters. The summed E-state index contributed by atoms with van der Waals surface area (Å²) >= 11 is 0. The van der Waals surface area contributed by atoms with Gasteiger partial charge in [-0.2, -0.15) is 4.98 Å². The number of anilines is 2. The Morgan fingerprint density at radius 2 is 2.14 bits per heavy atom. The summed E-state index contributed by atoms with van der Waals surface area (Å²) in [5.41, 5.74) is 2.48. The molecule has 0 aromatic carbocycles. The second kappa shape index (κ2) is 5.41. The Balaban J connectivity index is 1.89. The van der Waals surface area contributed by atoms with Gasteiger partial charge in [-0.3, -0.25) is 15.5 Å². The van der Waals surface area contributed by atoms with E-state index >= 15 is 0 Å². The largest absolute Gasteiger partial charge is 0.376 e. The van der Waals surface area contributed by atoms with Gasteiger partial charge in [0.2, 0.25) is 11.8 Å². The van der Waals surface area contributed by atoms with E-state index in [4.69, 9.17) is 10.6 Å². The predicted molar refractivity (Wildman–Crippen MR) is 75.7 cm³/mol. The number of aromatic nitrogens is 2. The molecular formula is C12H18N6O3. The maximum absolute atomic E-state index is 11.2. The van der Waals surface area contributed by atoms with Crippen LogP contribution in [0.15, 0.2) is 0 Å². The number of hydrazine groups is 1. The van der Waals surface area contributed by atoms with Crippen LogP contribution < -0.4 is 16.6 Å². The highest BCUT2D eigenvalue weighted by Crippen LogP contribution is 2.40. The van der Waals surface area contributed by atoms with Crippen molar-refractivity contribution in [2.24, 2.45) is 11.8 Å². The van der Waals surface area contributed by atoms with Crippen molar-refractivity contribution in [3.8, 4) is 0 Å². The number of nitrogens with two attached hydrogens (primary N) is 1. The van der Waals surface area contributed by atoms with Gasteiger partial charge in [-0.1, -0.05) is 0 Å². The molecule has 1 aliphatic heterocycles. The van der Waals surface area contributed by atoms with E-state index in [0.29, 0.717) is 12.5 Å². The molecule has 0 amide bonds. The van der Waals surface area contributed by atoms with Crippen molar-refractivity contribution in [3.63, 3.8) is 0 Å². The molecular weight excluding hydrogens is 276 g/mol. The van der Waals surface area contributed by atoms with Gasteiger partial charge >= 0.3 is 5.69 Å². The lowest BCUT2D eigenvalue weighted by Gasteiger charge is -2.20. The number of nitrogens with one attached hydrogen (secondary N) is 2. The van der Waals surface area contributed by atoms with E-state index < -0.39 is 4.92 Å². The lowest BCUT2D eigenvalue weighted by Crippen LogP contribution is -2.32. The van der Waals surface area contributed by atoms with E-state index in [1.807, 2.05) is 0 Å². The Morgan fingerprint density at radius 3 is 2.76 bits per heavy atom. The van der Waals surface area contributed by atoms with E-state index in [1.54, 1.807) is 6.92 Å². The lowest BCUT2D eigenvalue weighted by molar-refractivity contribution is -0.385. The molecule has 0 bridgehead atoms. The van der Waals surface area contributed by atoms with E-state index in [9.17, 15) is 10.1 Å². The minimum absolute atomic E-state index is 0.0381. The van der Waals surface area contributed by atoms with Gasteiger partial charge in [0.15, 0.2) is 0 Å². The zero-order valence-electron chi connectivity index (χ0n) is 11.7. The molecule has 0 radical (unpaired) electrons. The maximum Gasteiger partial charge on any atom is 0.332 e. The highest BCUT2D eigenvalue weighted by Gasteiger charge is 2.41. The van der Waals surface area contributed by atoms with Gasteiger partial charge in [-0.15, -0.1) is 0 Å². The summed E-state index contributed by atoms with van der Waals surface area (Å²) in [4.78, 5) is 18.8. The van der Waals surface area contributed by atoms with Crippen LogP contribution in [0.2, 0.25) is 0 Å². The van der Waals surface area contributed by atoms with Crippen LogP contribution in [0.5, 0.6) is 0 Å². The Kier molecular flexibility index (Phi) is 3.60. The molecule has 1 aliphatic carbocycles. The van der Waals surface area contributed by atoms with Crippen molar-refractivity contribution in [2.45, 2.75) is 38.3 Å². The van der Waals surface area contributed by atoms with Gasteiger partial charge in [-0.05, 0) is 32.1 Å². The Hall–Kier alpha value is -2.00. The van der Waals surface area contributed by atoms with Crippen LogP contribution in [-0.4, -0.2) is 33.6 Å². The van der Waals surface area contributed by atoms with Crippen LogP contribution in [0.1, 0.15) is 25.0 Å². The summed E-state index contributed by atoms with van der Waals surface area (Å²) in [5, 5.41) is 14.4. The molecule has 2 heterocycles. The quantitative estimate of drug-likeness (QED) is 0.416. The number of nitrogens with zero attached hydrogens (tertiary/aromatic N) is 3. The SMILES string of the molecule is Cc1nc(NN)nc(NC2CCOC2C2CC2)c1[N+](=O)[O-]. The van der Waals surface area contributed by atoms with E-state index in [1.165, 1.54) is 0 Å². The van der Waals surface area contributed by atoms with Gasteiger partial charge in [0, 0.05) is 6.61 Å². The normalized spacial score (nSPS) is 24.9. The summed E-state index contributed by atoms with van der Waals surface area (Å²) in [6.45, 7) is 2.23. The van der Waals surface area contributed by atoms with Crippen molar-refractivity contribution in [2.75, 3.05) is 17.3 Å². The predicted octanol–water partition coefficient (Wildman–Crippen LogP) is 0.958. The molecule has 1 aromatic rings. The molecule has 0 spiro atoms. The van der Waals surface area contributed by atoms with Gasteiger partial charge < -0.3 is 10.1 Å². The van der Waals surface area contributed by atoms with Gasteiger partial charge in [0.25, 0.3) is 0 Å². The summed E-state index contributed by atoms with van der Waals surface area (Å²) in [7, 11) is 0. The fourth-order valence-electron chi connectivity index (χ4n) is 2.78. The first-order chi connectivity index (χ1) is 10.1. The molecule has 21 heavy (non-hydrogen) atoms. The molecule has 1 saturated carbocycles. The van der Waals surface area contributed by atoms with Crippen LogP contribution >= 0.6 is 0 Å². The number of ether oxygens (including phenoxy) is 1. The summed E-state index contributed by atoms with van der Waals surface area (Å²) in [5.74, 6) is 6.22. The summed E-state index contributed by atoms with van der Waals surface area (Å²) < 4.78 is 5.73. The van der Waals surface area contributed by atoms with Crippen LogP contribution in [0.3, 0.4) is 0 Å². The van der Waals surface area contributed by atoms with Crippen molar-refractivity contribution >= 4 is 17.5 Å². The molecule has 4 N–H and O–H groups in total. The summed E-state index contributed by atoms with van der Waals surface area (Å²) in [6.07, 6.45) is 3.23. The molecule has 2 aliphatic rings. The second-order valence-electron chi connectivity index (χ2n) is 5.44. The van der Waals surface area contributed by atoms with E-state index in [0.717, 1.165) is 19.3 Å². The molecule has 1 saturated heterocycles. The molecule has 9 heteroatoms. The molecule has 1 aromatic heterocycles. The maximum atomic E-state index is 11.2. The third-order valence-corrected chi connectivity index (χ3v) is 3.91. The minimum atomic E-state index is -0.472. The fourth-order valence-corrected chi connectivity index (χ4v) is 2.78. The minimum Gasteiger partial charge on any atom is -0.376 e. The molecule has 3 rings (SSSR count). The zero-order chi connectivity index (χ0) is 15.0. The van der Waals surface area contributed by atoms with Crippen molar-refractivity contribution in [1.29, 1.82) is 0 Å². The van der Waals surface area contributed by atoms with Crippen molar-refractivity contribution < 1.29 is 9.66 Å². The lowest BCUT2D eigenvalue weighted by atomic mass is 10.1. The van der Waals surface area contributed by atoms with Crippen LogP contribution in [0.25, 0.3) is 0 Å². The topological polar surface area (TPSA) is 128 Å². The van der Waals surface area contributed by atoms with Gasteiger partial charge in [0.05, 0.1) is 17.1 Å². The number of nitrogen functional groups attached to an aromatic ring is 1. The standard InChI is InChI=1S/C12H18N6O3/c1-6-9(18(19)20)11(16-12(14-6)17-13)15-8-4-5-21-10(8)7-2-3-7/h7-8,10H,2-5,13H2,1H3,(H2,14,15,16,17). The average Bonchev–Trinajstić information content (AvgIpc) is 3.18. The zero-order valence-corrected chi connectivity index (χ0v) is 11.7. The Bertz CT molecular complexity index is 562. The first-order valence-electron chi connectivity index (χ1n) is 6.98. The highest BCUT2D eigenvalue weighted by atomic mass is 16.6. The van der Waals surface area contributed by atoms with Crippen LogP contribution in [0.4, 0.5) is 17.5 Å². The fraction of sp³-hybridized carbons (Fsp3) is 0.667. The molecule has 9 nitrogen and oxygen atoms in total. The Labute approximate surface area is 121 Å². The number of aryl methyl sites for hydroxylation is 1. The first-order valence-corrected chi connectivity index (χ1v) is 6.98. The van der Waals surface area contributed by atoms with E-state index in [-0.39, 0.29) is 35.3 Å². The number of rotatable bonds is 5. The Morgan fingerprint density at radius 1 is 1.38 bits per heavy atom. The monoisotopic (exact) mass is 294 g/mol. The van der Waals surface area contributed by atoms with Crippen LogP contribution in [-0.2, 0) is 4.74 Å². The molecule has 2 atom stereocenters. The molecule has 2 fully saturated rings. The average molecular weight is 294 g/mol. The third kappa shape index (κ3) is 2.74.